The van der Waals surface area contributed by atoms with Crippen LogP contribution in [0, 0.1) is 0 Å². The van der Waals surface area contributed by atoms with Gasteiger partial charge in [0.2, 0.25) is 0 Å². The number of likely N-dealkylation sites (tertiary alicyclic amines) is 1. The number of aromatic nitrogens is 1. The molecule has 0 spiro atoms. The summed E-state index contributed by atoms with van der Waals surface area (Å²) >= 11 is 0. The van der Waals surface area contributed by atoms with Crippen LogP contribution in [0.5, 0.6) is 5.75 Å². The van der Waals surface area contributed by atoms with Crippen LogP contribution >= 0.6 is 0 Å². The second-order valence-corrected chi connectivity index (χ2v) is 7.73. The number of aryl methyl sites for hydroxylation is 1. The summed E-state index contributed by atoms with van der Waals surface area (Å²) < 4.78 is 5.18. The Morgan fingerprint density at radius 3 is 2.66 bits per heavy atom. The highest BCUT2D eigenvalue weighted by molar-refractivity contribution is 5.83. The number of para-hydroxylation sites is 1. The van der Waals surface area contributed by atoms with Crippen LogP contribution in [-0.4, -0.2) is 42.7 Å². The molecule has 2 N–H and O–H groups in total. The normalized spacial score (nSPS) is 14.9. The zero-order valence-electron chi connectivity index (χ0n) is 17.0. The Hall–Kier alpha value is -2.95. The number of nitrogens with one attached hydrogen (secondary N) is 2. The summed E-state index contributed by atoms with van der Waals surface area (Å²) in [7, 11) is 1.67. The molecule has 1 aliphatic rings. The number of rotatable bonds is 6. The van der Waals surface area contributed by atoms with Crippen LogP contribution in [0.15, 0.2) is 54.7 Å². The standard InChI is InChI=1S/C24H29N3O2/c1-29-20-10-8-18(9-11-20)5-4-14-25-24(28)27-15-12-19(13-16-27)22-17-26-23-7-3-2-6-21(22)23/h2-3,6-11,17,19,26H,4-5,12-16H2,1H3,(H,25,28). The first kappa shape index (κ1) is 19.4. The van der Waals surface area contributed by atoms with E-state index in [2.05, 4.69) is 52.9 Å². The SMILES string of the molecule is COc1ccc(CCCNC(=O)N2CCC(c3c[nH]c4ccccc34)CC2)cc1. The van der Waals surface area contributed by atoms with E-state index in [9.17, 15) is 4.79 Å². The number of H-pyrrole nitrogens is 1. The Morgan fingerprint density at radius 1 is 1.14 bits per heavy atom. The summed E-state index contributed by atoms with van der Waals surface area (Å²) in [5.41, 5.74) is 3.85. The number of hydrogen-bond acceptors (Lipinski definition) is 2. The first-order chi connectivity index (χ1) is 14.2. The predicted octanol–water partition coefficient (Wildman–Crippen LogP) is 4.70. The van der Waals surface area contributed by atoms with E-state index in [-0.39, 0.29) is 6.03 Å². The molecule has 2 amide bonds. The van der Waals surface area contributed by atoms with Gasteiger partial charge >= 0.3 is 6.03 Å². The molecule has 1 fully saturated rings. The zero-order chi connectivity index (χ0) is 20.1. The maximum Gasteiger partial charge on any atom is 0.317 e. The molecule has 3 aromatic rings. The maximum absolute atomic E-state index is 12.5. The van der Waals surface area contributed by atoms with E-state index in [0.29, 0.717) is 12.5 Å². The summed E-state index contributed by atoms with van der Waals surface area (Å²) in [6.07, 6.45) is 6.06. The van der Waals surface area contributed by atoms with Gasteiger partial charge in [-0.3, -0.25) is 0 Å². The molecule has 0 aliphatic carbocycles. The fraction of sp³-hybridized carbons (Fsp3) is 0.375. The third-order valence-electron chi connectivity index (χ3n) is 5.92. The van der Waals surface area contributed by atoms with Crippen molar-refractivity contribution in [2.45, 2.75) is 31.6 Å². The van der Waals surface area contributed by atoms with E-state index >= 15 is 0 Å². The van der Waals surface area contributed by atoms with E-state index in [4.69, 9.17) is 4.74 Å². The lowest BCUT2D eigenvalue weighted by atomic mass is 9.89. The number of ether oxygens (including phenoxy) is 1. The quantitative estimate of drug-likeness (QED) is 0.599. The molecule has 1 saturated heterocycles. The minimum atomic E-state index is 0.0668. The van der Waals surface area contributed by atoms with Gasteiger partial charge in [0.15, 0.2) is 0 Å². The molecule has 2 aromatic carbocycles. The summed E-state index contributed by atoms with van der Waals surface area (Å²) in [4.78, 5) is 17.8. The van der Waals surface area contributed by atoms with Gasteiger partial charge in [-0.2, -0.15) is 0 Å². The molecule has 1 aromatic heterocycles. The smallest absolute Gasteiger partial charge is 0.317 e. The van der Waals surface area contributed by atoms with E-state index in [0.717, 1.165) is 44.5 Å². The molecule has 1 aliphatic heterocycles. The first-order valence-corrected chi connectivity index (χ1v) is 10.5. The van der Waals surface area contributed by atoms with Crippen LogP contribution in [-0.2, 0) is 6.42 Å². The summed E-state index contributed by atoms with van der Waals surface area (Å²) in [6.45, 7) is 2.33. The van der Waals surface area contributed by atoms with Gasteiger partial charge < -0.3 is 19.9 Å². The van der Waals surface area contributed by atoms with Gasteiger partial charge in [0.25, 0.3) is 0 Å². The van der Waals surface area contributed by atoms with Crippen LogP contribution in [0.25, 0.3) is 10.9 Å². The molecule has 0 unspecified atom stereocenters. The highest BCUT2D eigenvalue weighted by Gasteiger charge is 2.25. The van der Waals surface area contributed by atoms with E-state index in [1.165, 1.54) is 22.0 Å². The van der Waals surface area contributed by atoms with Gasteiger partial charge in [-0.15, -0.1) is 0 Å². The Balaban J connectivity index is 1.21. The second kappa shape index (κ2) is 9.03. The van der Waals surface area contributed by atoms with Crippen molar-refractivity contribution in [1.29, 1.82) is 0 Å². The summed E-state index contributed by atoms with van der Waals surface area (Å²) in [5, 5.41) is 4.39. The number of benzene rings is 2. The molecule has 5 nitrogen and oxygen atoms in total. The fourth-order valence-electron chi connectivity index (χ4n) is 4.22. The molecule has 2 heterocycles. The minimum Gasteiger partial charge on any atom is -0.497 e. The van der Waals surface area contributed by atoms with Crippen molar-refractivity contribution in [3.63, 3.8) is 0 Å². The molecule has 0 bridgehead atoms. The molecular weight excluding hydrogens is 362 g/mol. The fourth-order valence-corrected chi connectivity index (χ4v) is 4.22. The van der Waals surface area contributed by atoms with Crippen LogP contribution in [0.3, 0.4) is 0 Å². The van der Waals surface area contributed by atoms with Gasteiger partial charge in [0.1, 0.15) is 5.75 Å². The number of hydrogen-bond donors (Lipinski definition) is 2. The average molecular weight is 392 g/mol. The summed E-state index contributed by atoms with van der Waals surface area (Å²) in [6, 6.07) is 16.6. The van der Waals surface area contributed by atoms with E-state index in [1.807, 2.05) is 17.0 Å². The predicted molar refractivity (Wildman–Crippen MR) is 117 cm³/mol. The molecule has 152 valence electrons. The summed E-state index contributed by atoms with van der Waals surface area (Å²) in [5.74, 6) is 1.39. The third kappa shape index (κ3) is 4.56. The molecule has 29 heavy (non-hydrogen) atoms. The third-order valence-corrected chi connectivity index (χ3v) is 5.92. The van der Waals surface area contributed by atoms with Gasteiger partial charge in [-0.1, -0.05) is 30.3 Å². The van der Waals surface area contributed by atoms with Gasteiger partial charge in [0, 0.05) is 36.7 Å². The number of carbonyl (C=O) groups is 1. The largest absolute Gasteiger partial charge is 0.497 e. The minimum absolute atomic E-state index is 0.0668. The Morgan fingerprint density at radius 2 is 1.90 bits per heavy atom. The van der Waals surface area contributed by atoms with Crippen LogP contribution in [0.4, 0.5) is 4.79 Å². The number of methoxy groups -OCH3 is 1. The second-order valence-electron chi connectivity index (χ2n) is 7.73. The number of fused-ring (bicyclic) bond motifs is 1. The highest BCUT2D eigenvalue weighted by atomic mass is 16.5. The average Bonchev–Trinajstić information content (AvgIpc) is 3.21. The molecule has 4 rings (SSSR count). The molecule has 0 atom stereocenters. The number of carbonyl (C=O) groups excluding carboxylic acids is 1. The van der Waals surface area contributed by atoms with Crippen molar-refractivity contribution >= 4 is 16.9 Å². The Bertz CT molecular complexity index is 940. The van der Waals surface area contributed by atoms with E-state index in [1.54, 1.807) is 7.11 Å². The van der Waals surface area contributed by atoms with Gasteiger partial charge in [-0.05, 0) is 60.9 Å². The number of urea groups is 1. The Kier molecular flexibility index (Phi) is 6.03. The van der Waals surface area contributed by atoms with Gasteiger partial charge in [0.05, 0.1) is 7.11 Å². The van der Waals surface area contributed by atoms with Crippen LogP contribution in [0.2, 0.25) is 0 Å². The molecule has 0 radical (unpaired) electrons. The lowest BCUT2D eigenvalue weighted by molar-refractivity contribution is 0.181. The van der Waals surface area contributed by atoms with Crippen molar-refractivity contribution in [1.82, 2.24) is 15.2 Å². The highest BCUT2D eigenvalue weighted by Crippen LogP contribution is 2.33. The lowest BCUT2D eigenvalue weighted by Crippen LogP contribution is -2.44. The number of piperidine rings is 1. The zero-order valence-corrected chi connectivity index (χ0v) is 17.0. The van der Waals surface area contributed by atoms with Gasteiger partial charge in [-0.25, -0.2) is 4.79 Å². The molecule has 5 heteroatoms. The number of amides is 2. The maximum atomic E-state index is 12.5. The number of aromatic amines is 1. The van der Waals surface area contributed by atoms with Crippen molar-refractivity contribution in [3.8, 4) is 5.75 Å². The van der Waals surface area contributed by atoms with Crippen molar-refractivity contribution in [3.05, 3.63) is 65.9 Å². The van der Waals surface area contributed by atoms with Crippen molar-refractivity contribution in [2.75, 3.05) is 26.7 Å². The van der Waals surface area contributed by atoms with Crippen LogP contribution in [0.1, 0.15) is 36.3 Å². The molecular formula is C24H29N3O2. The van der Waals surface area contributed by atoms with Crippen molar-refractivity contribution in [2.24, 2.45) is 0 Å². The van der Waals surface area contributed by atoms with Crippen molar-refractivity contribution < 1.29 is 9.53 Å². The first-order valence-electron chi connectivity index (χ1n) is 10.5. The monoisotopic (exact) mass is 391 g/mol. The topological polar surface area (TPSA) is 57.4 Å². The van der Waals surface area contributed by atoms with E-state index < -0.39 is 0 Å². The lowest BCUT2D eigenvalue weighted by Gasteiger charge is -2.32. The Labute approximate surface area is 172 Å². The van der Waals surface area contributed by atoms with Crippen LogP contribution < -0.4 is 10.1 Å². The number of nitrogens with zero attached hydrogens (tertiary/aromatic N) is 1. The molecule has 0 saturated carbocycles.